The van der Waals surface area contributed by atoms with Crippen molar-refractivity contribution in [3.63, 3.8) is 0 Å². The first-order valence-corrected chi connectivity index (χ1v) is 10.0. The molecule has 0 aromatic carbocycles. The van der Waals surface area contributed by atoms with Gasteiger partial charge in [-0.05, 0) is 41.6 Å². The predicted octanol–water partition coefficient (Wildman–Crippen LogP) is 3.54. The van der Waals surface area contributed by atoms with Crippen LogP contribution in [0.15, 0.2) is 58.2 Å². The Kier molecular flexibility index (Phi) is 4.27. The molecule has 0 radical (unpaired) electrons. The molecule has 5 rings (SSSR count). The molecule has 1 fully saturated rings. The van der Waals surface area contributed by atoms with Crippen LogP contribution in [0.2, 0.25) is 0 Å². The Balaban J connectivity index is 1.43. The van der Waals surface area contributed by atoms with E-state index < -0.39 is 0 Å². The zero-order valence-electron chi connectivity index (χ0n) is 15.2. The molecule has 4 aromatic heterocycles. The van der Waals surface area contributed by atoms with Gasteiger partial charge in [0.15, 0.2) is 0 Å². The predicted molar refractivity (Wildman–Crippen MR) is 106 cm³/mol. The smallest absolute Gasteiger partial charge is 0.109 e. The van der Waals surface area contributed by atoms with Crippen LogP contribution in [0.1, 0.15) is 17.3 Å². The lowest BCUT2D eigenvalue weighted by molar-refractivity contribution is 0.0888. The summed E-state index contributed by atoms with van der Waals surface area (Å²) in [6.45, 7) is 3.89. The zero-order valence-corrected chi connectivity index (χ0v) is 16.0. The summed E-state index contributed by atoms with van der Waals surface area (Å²) in [5.41, 5.74) is 5.73. The lowest BCUT2D eigenvalue weighted by Crippen LogP contribution is -2.46. The normalized spacial score (nSPS) is 19.1. The number of thiophene rings is 1. The van der Waals surface area contributed by atoms with Crippen LogP contribution in [0.25, 0.3) is 16.6 Å². The van der Waals surface area contributed by atoms with Gasteiger partial charge in [0.2, 0.25) is 0 Å². The number of furan rings is 1. The van der Waals surface area contributed by atoms with E-state index in [4.69, 9.17) is 4.42 Å². The first kappa shape index (κ1) is 16.7. The largest absolute Gasteiger partial charge is 0.472 e. The summed E-state index contributed by atoms with van der Waals surface area (Å²) in [5.74, 6) is 0. The molecule has 0 saturated carbocycles. The molecule has 5 heterocycles. The van der Waals surface area contributed by atoms with Crippen molar-refractivity contribution >= 4 is 16.9 Å². The Bertz CT molecular complexity index is 1020. The molecule has 27 heavy (non-hydrogen) atoms. The van der Waals surface area contributed by atoms with E-state index in [1.807, 2.05) is 16.8 Å². The van der Waals surface area contributed by atoms with Crippen LogP contribution < -0.4 is 0 Å². The monoisotopic (exact) mass is 379 g/mol. The summed E-state index contributed by atoms with van der Waals surface area (Å²) >= 11 is 1.71. The molecule has 4 aromatic rings. The van der Waals surface area contributed by atoms with Gasteiger partial charge in [0, 0.05) is 43.5 Å². The molecule has 138 valence electrons. The minimum absolute atomic E-state index is 0.232. The Morgan fingerprint density at radius 3 is 2.96 bits per heavy atom. The van der Waals surface area contributed by atoms with Crippen molar-refractivity contribution in [1.82, 2.24) is 24.6 Å². The number of hydrogen-bond donors (Lipinski definition) is 0. The van der Waals surface area contributed by atoms with Gasteiger partial charge in [0.1, 0.15) is 5.69 Å². The van der Waals surface area contributed by atoms with Crippen LogP contribution in [-0.2, 0) is 6.54 Å². The van der Waals surface area contributed by atoms with E-state index in [0.29, 0.717) is 0 Å². The third-order valence-corrected chi connectivity index (χ3v) is 6.01. The molecule has 1 aliphatic heterocycles. The number of fused-ring (bicyclic) bond motifs is 1. The van der Waals surface area contributed by atoms with E-state index in [1.54, 1.807) is 17.6 Å². The summed E-state index contributed by atoms with van der Waals surface area (Å²) in [6, 6.07) is 8.70. The molecule has 1 saturated heterocycles. The topological polar surface area (TPSA) is 49.8 Å². The average molecular weight is 379 g/mol. The van der Waals surface area contributed by atoms with Crippen molar-refractivity contribution in [1.29, 1.82) is 0 Å². The van der Waals surface area contributed by atoms with E-state index in [9.17, 15) is 0 Å². The van der Waals surface area contributed by atoms with Gasteiger partial charge < -0.3 is 4.42 Å². The highest BCUT2D eigenvalue weighted by Crippen LogP contribution is 2.28. The van der Waals surface area contributed by atoms with E-state index in [-0.39, 0.29) is 6.04 Å². The summed E-state index contributed by atoms with van der Waals surface area (Å²) in [6.07, 6.45) is 5.63. The minimum Gasteiger partial charge on any atom is -0.472 e. The lowest BCUT2D eigenvalue weighted by Gasteiger charge is -2.38. The highest BCUT2D eigenvalue weighted by molar-refractivity contribution is 7.08. The molecule has 0 unspecified atom stereocenters. The van der Waals surface area contributed by atoms with Gasteiger partial charge in [-0.2, -0.15) is 11.3 Å². The fraction of sp³-hybridized carbons (Fsp3) is 0.300. The molecular formula is C20H21N5OS. The van der Waals surface area contributed by atoms with E-state index in [0.717, 1.165) is 37.4 Å². The third-order valence-electron chi connectivity index (χ3n) is 5.33. The summed E-state index contributed by atoms with van der Waals surface area (Å²) in [4.78, 5) is 4.84. The third kappa shape index (κ3) is 3.18. The molecule has 6 nitrogen and oxygen atoms in total. The van der Waals surface area contributed by atoms with Crippen molar-refractivity contribution in [3.05, 3.63) is 65.0 Å². The second-order valence-corrected chi connectivity index (χ2v) is 7.88. The fourth-order valence-corrected chi connectivity index (χ4v) is 4.43. The standard InChI is InChI=1S/C20H21N5OS/c1-23-6-7-24(10-15-4-8-26-13-15)12-19(23)20-18-3-2-16(11-25(18)22-21-20)17-5-9-27-14-17/h2-5,8-9,11,13-14,19H,6-7,10,12H2,1H3/t19-/m0/s1. The van der Waals surface area contributed by atoms with Crippen molar-refractivity contribution < 1.29 is 4.42 Å². The summed E-state index contributed by atoms with van der Waals surface area (Å²) in [7, 11) is 2.17. The molecule has 1 atom stereocenters. The van der Waals surface area contributed by atoms with Crippen molar-refractivity contribution in [2.24, 2.45) is 0 Å². The average Bonchev–Trinajstić information content (AvgIpc) is 3.44. The number of aromatic nitrogens is 3. The maximum atomic E-state index is 5.21. The molecule has 7 heteroatoms. The molecule has 0 aliphatic carbocycles. The van der Waals surface area contributed by atoms with E-state index in [2.05, 4.69) is 62.3 Å². The number of piperazine rings is 1. The zero-order chi connectivity index (χ0) is 18.2. The number of nitrogens with zero attached hydrogens (tertiary/aromatic N) is 5. The van der Waals surface area contributed by atoms with Crippen LogP contribution in [0, 0.1) is 0 Å². The highest BCUT2D eigenvalue weighted by atomic mass is 32.1. The van der Waals surface area contributed by atoms with Gasteiger partial charge in [-0.15, -0.1) is 5.10 Å². The van der Waals surface area contributed by atoms with Crippen molar-refractivity contribution in [2.45, 2.75) is 12.6 Å². The van der Waals surface area contributed by atoms with Gasteiger partial charge in [0.05, 0.1) is 24.1 Å². The van der Waals surface area contributed by atoms with Crippen molar-refractivity contribution in [3.8, 4) is 11.1 Å². The Hall–Kier alpha value is -2.48. The Morgan fingerprint density at radius 2 is 2.15 bits per heavy atom. The van der Waals surface area contributed by atoms with Crippen LogP contribution in [-0.4, -0.2) is 51.3 Å². The lowest BCUT2D eigenvalue weighted by atomic mass is 10.1. The van der Waals surface area contributed by atoms with E-state index >= 15 is 0 Å². The minimum atomic E-state index is 0.232. The number of pyridine rings is 1. The van der Waals surface area contributed by atoms with Crippen LogP contribution in [0.3, 0.4) is 0 Å². The molecule has 1 aliphatic rings. The van der Waals surface area contributed by atoms with E-state index in [1.165, 1.54) is 16.7 Å². The second-order valence-electron chi connectivity index (χ2n) is 7.10. The highest BCUT2D eigenvalue weighted by Gasteiger charge is 2.29. The molecule has 0 N–H and O–H groups in total. The van der Waals surface area contributed by atoms with Crippen LogP contribution in [0.4, 0.5) is 0 Å². The maximum Gasteiger partial charge on any atom is 0.109 e. The Labute approximate surface area is 161 Å². The second kappa shape index (κ2) is 6.92. The number of hydrogen-bond acceptors (Lipinski definition) is 6. The first-order valence-electron chi connectivity index (χ1n) is 9.09. The summed E-state index contributed by atoms with van der Waals surface area (Å²) < 4.78 is 7.12. The van der Waals surface area contributed by atoms with Crippen molar-refractivity contribution in [2.75, 3.05) is 26.7 Å². The number of likely N-dealkylation sites (N-methyl/N-ethyl adjacent to an activating group) is 1. The van der Waals surface area contributed by atoms with Gasteiger partial charge in [0.25, 0.3) is 0 Å². The van der Waals surface area contributed by atoms with Crippen LogP contribution >= 0.6 is 11.3 Å². The van der Waals surface area contributed by atoms with Gasteiger partial charge in [-0.1, -0.05) is 11.3 Å². The van der Waals surface area contributed by atoms with Gasteiger partial charge >= 0.3 is 0 Å². The van der Waals surface area contributed by atoms with Crippen LogP contribution in [0.5, 0.6) is 0 Å². The SMILES string of the molecule is CN1CCN(Cc2ccoc2)C[C@H]1c1nnn2cc(-c3ccsc3)ccc12. The molecule has 0 spiro atoms. The fourth-order valence-electron chi connectivity index (χ4n) is 3.76. The number of rotatable bonds is 4. The molecular weight excluding hydrogens is 358 g/mol. The maximum absolute atomic E-state index is 5.21. The Morgan fingerprint density at radius 1 is 1.19 bits per heavy atom. The molecule has 0 bridgehead atoms. The first-order chi connectivity index (χ1) is 13.3. The van der Waals surface area contributed by atoms with Gasteiger partial charge in [-0.3, -0.25) is 9.80 Å². The molecule has 0 amide bonds. The summed E-state index contributed by atoms with van der Waals surface area (Å²) in [5, 5.41) is 13.2. The quantitative estimate of drug-likeness (QED) is 0.543. The van der Waals surface area contributed by atoms with Gasteiger partial charge in [-0.25, -0.2) is 4.52 Å².